The Morgan fingerprint density at radius 2 is 2.07 bits per heavy atom. The molecule has 1 aromatic carbocycles. The van der Waals surface area contributed by atoms with Crippen LogP contribution in [0.25, 0.3) is 0 Å². The molecule has 2 atom stereocenters. The lowest BCUT2D eigenvalue weighted by Crippen LogP contribution is -2.38. The number of ether oxygens (including phenoxy) is 1. The summed E-state index contributed by atoms with van der Waals surface area (Å²) in [4.78, 5) is 14.3. The van der Waals surface area contributed by atoms with E-state index in [1.54, 1.807) is 23.5 Å². The first-order valence-electron chi connectivity index (χ1n) is 10.1. The first-order chi connectivity index (χ1) is 13.7. The predicted molar refractivity (Wildman–Crippen MR) is 117 cm³/mol. The Bertz CT molecular complexity index is 964. The van der Waals surface area contributed by atoms with E-state index >= 15 is 0 Å². The van der Waals surface area contributed by atoms with E-state index in [2.05, 4.69) is 31.4 Å². The molecule has 1 amide bonds. The fourth-order valence-corrected chi connectivity index (χ4v) is 5.80. The van der Waals surface area contributed by atoms with Crippen LogP contribution in [-0.2, 0) is 12.8 Å². The molecule has 5 nitrogen and oxygen atoms in total. The topological polar surface area (TPSA) is 70.6 Å². The van der Waals surface area contributed by atoms with Crippen LogP contribution in [0.15, 0.2) is 12.1 Å². The highest BCUT2D eigenvalue weighted by Crippen LogP contribution is 2.46. The number of rotatable bonds is 3. The molecule has 1 aromatic heterocycles. The molecule has 7 heteroatoms. The van der Waals surface area contributed by atoms with Crippen LogP contribution in [0.2, 0.25) is 5.02 Å². The number of benzene rings is 1. The standard InChI is InChI=1S/C22H27ClN2O3S/c1-5-28-15-9-11(8-14(23)18(15)26)19-24-20(27)17-13-7-6-12(22(2,3)4)10-16(13)29-21(17)25-19/h8-9,12,19,25-26H,5-7,10H2,1-4H3,(H,24,27)/t12-,19-/m0/s1. The molecule has 0 bridgehead atoms. The second kappa shape index (κ2) is 7.40. The van der Waals surface area contributed by atoms with Crippen LogP contribution in [0.3, 0.4) is 0 Å². The normalized spacial score (nSPS) is 21.1. The number of carbonyl (C=O) groups is 1. The fourth-order valence-electron chi connectivity index (χ4n) is 4.23. The minimum absolute atomic E-state index is 0.0578. The summed E-state index contributed by atoms with van der Waals surface area (Å²) in [5, 5.41) is 17.7. The van der Waals surface area contributed by atoms with Crippen LogP contribution < -0.4 is 15.4 Å². The van der Waals surface area contributed by atoms with Crippen molar-refractivity contribution in [1.29, 1.82) is 0 Å². The van der Waals surface area contributed by atoms with E-state index in [4.69, 9.17) is 16.3 Å². The van der Waals surface area contributed by atoms with Gasteiger partial charge >= 0.3 is 0 Å². The molecule has 1 aliphatic carbocycles. The maximum absolute atomic E-state index is 13.0. The SMILES string of the molecule is CCOc1cc([C@H]2NC(=O)c3c(sc4c3CC[C@H](C(C)(C)C)C4)N2)cc(Cl)c1O. The maximum Gasteiger partial charge on any atom is 0.256 e. The largest absolute Gasteiger partial charge is 0.503 e. The van der Waals surface area contributed by atoms with Gasteiger partial charge in [0.05, 0.1) is 17.2 Å². The van der Waals surface area contributed by atoms with Crippen molar-refractivity contribution in [3.63, 3.8) is 0 Å². The molecule has 2 aliphatic rings. The number of amides is 1. The van der Waals surface area contributed by atoms with Gasteiger partial charge < -0.3 is 20.5 Å². The highest BCUT2D eigenvalue weighted by atomic mass is 35.5. The second-order valence-electron chi connectivity index (χ2n) is 8.85. The molecule has 0 radical (unpaired) electrons. The molecule has 1 aliphatic heterocycles. The Kier molecular flexibility index (Phi) is 5.20. The molecule has 2 heterocycles. The fraction of sp³-hybridized carbons (Fsp3) is 0.500. The van der Waals surface area contributed by atoms with Gasteiger partial charge in [-0.1, -0.05) is 32.4 Å². The second-order valence-corrected chi connectivity index (χ2v) is 10.4. The summed E-state index contributed by atoms with van der Waals surface area (Å²) in [6.45, 7) is 9.13. The van der Waals surface area contributed by atoms with E-state index in [9.17, 15) is 9.90 Å². The van der Waals surface area contributed by atoms with E-state index in [0.29, 0.717) is 18.3 Å². The Morgan fingerprint density at radius 1 is 1.31 bits per heavy atom. The minimum Gasteiger partial charge on any atom is -0.503 e. The Labute approximate surface area is 180 Å². The average molecular weight is 435 g/mol. The maximum atomic E-state index is 13.0. The van der Waals surface area contributed by atoms with Crippen LogP contribution in [0.1, 0.15) is 66.6 Å². The van der Waals surface area contributed by atoms with Crippen molar-refractivity contribution in [2.75, 3.05) is 11.9 Å². The van der Waals surface area contributed by atoms with Crippen molar-refractivity contribution < 1.29 is 14.6 Å². The highest BCUT2D eigenvalue weighted by molar-refractivity contribution is 7.16. The van der Waals surface area contributed by atoms with E-state index < -0.39 is 6.17 Å². The van der Waals surface area contributed by atoms with Gasteiger partial charge in [0.25, 0.3) is 5.91 Å². The smallest absolute Gasteiger partial charge is 0.256 e. The Balaban J connectivity index is 1.65. The van der Waals surface area contributed by atoms with Gasteiger partial charge in [-0.2, -0.15) is 0 Å². The molecule has 0 saturated heterocycles. The summed E-state index contributed by atoms with van der Waals surface area (Å²) in [6.07, 6.45) is 2.66. The van der Waals surface area contributed by atoms with E-state index in [1.165, 1.54) is 10.4 Å². The number of carbonyl (C=O) groups excluding carboxylic acids is 1. The van der Waals surface area contributed by atoms with Crippen LogP contribution in [0.4, 0.5) is 5.00 Å². The Morgan fingerprint density at radius 3 is 2.76 bits per heavy atom. The third kappa shape index (κ3) is 3.68. The molecule has 3 N–H and O–H groups in total. The third-order valence-corrected chi connectivity index (χ3v) is 7.43. The monoisotopic (exact) mass is 434 g/mol. The molecule has 0 spiro atoms. The zero-order chi connectivity index (χ0) is 20.9. The highest BCUT2D eigenvalue weighted by Gasteiger charge is 2.36. The number of anilines is 1. The van der Waals surface area contributed by atoms with Gasteiger partial charge in [-0.15, -0.1) is 11.3 Å². The van der Waals surface area contributed by atoms with Gasteiger partial charge in [0.2, 0.25) is 0 Å². The van der Waals surface area contributed by atoms with E-state index in [0.717, 1.165) is 35.4 Å². The molecule has 0 saturated carbocycles. The minimum atomic E-state index is -0.425. The van der Waals surface area contributed by atoms with Crippen molar-refractivity contribution in [3.05, 3.63) is 38.7 Å². The van der Waals surface area contributed by atoms with Gasteiger partial charge in [-0.25, -0.2) is 0 Å². The summed E-state index contributed by atoms with van der Waals surface area (Å²) in [7, 11) is 0. The lowest BCUT2D eigenvalue weighted by molar-refractivity contribution is 0.0934. The van der Waals surface area contributed by atoms with Crippen molar-refractivity contribution in [3.8, 4) is 11.5 Å². The molecule has 4 rings (SSSR count). The van der Waals surface area contributed by atoms with Crippen molar-refractivity contribution in [2.24, 2.45) is 11.3 Å². The lowest BCUT2D eigenvalue weighted by atomic mass is 9.72. The summed E-state index contributed by atoms with van der Waals surface area (Å²) < 4.78 is 5.48. The van der Waals surface area contributed by atoms with Crippen LogP contribution in [-0.4, -0.2) is 17.6 Å². The molecule has 0 fully saturated rings. The van der Waals surface area contributed by atoms with Crippen molar-refractivity contribution in [1.82, 2.24) is 5.32 Å². The molecule has 2 aromatic rings. The van der Waals surface area contributed by atoms with Crippen molar-refractivity contribution in [2.45, 2.75) is 53.1 Å². The van der Waals surface area contributed by atoms with Gasteiger partial charge in [-0.05, 0) is 60.8 Å². The van der Waals surface area contributed by atoms with Gasteiger partial charge in [0.1, 0.15) is 11.2 Å². The van der Waals surface area contributed by atoms with Gasteiger partial charge in [0, 0.05) is 4.88 Å². The van der Waals surface area contributed by atoms with Gasteiger partial charge in [-0.3, -0.25) is 4.79 Å². The zero-order valence-electron chi connectivity index (χ0n) is 17.2. The van der Waals surface area contributed by atoms with Crippen LogP contribution in [0.5, 0.6) is 11.5 Å². The molecule has 156 valence electrons. The number of halogens is 1. The number of phenols is 1. The quantitative estimate of drug-likeness (QED) is 0.595. The van der Waals surface area contributed by atoms with Gasteiger partial charge in [0.15, 0.2) is 11.5 Å². The summed E-state index contributed by atoms with van der Waals surface area (Å²) in [6, 6.07) is 3.38. The third-order valence-electron chi connectivity index (χ3n) is 5.95. The predicted octanol–water partition coefficient (Wildman–Crippen LogP) is 5.51. The average Bonchev–Trinajstić information content (AvgIpc) is 3.02. The number of hydrogen-bond acceptors (Lipinski definition) is 5. The number of fused-ring (bicyclic) bond motifs is 3. The Hall–Kier alpha value is -1.92. The molecular formula is C22H27ClN2O3S. The summed E-state index contributed by atoms with van der Waals surface area (Å²) >= 11 is 7.88. The summed E-state index contributed by atoms with van der Waals surface area (Å²) in [5.41, 5.74) is 3.00. The molecule has 0 unspecified atom stereocenters. The van der Waals surface area contributed by atoms with Crippen LogP contribution in [0, 0.1) is 11.3 Å². The van der Waals surface area contributed by atoms with E-state index in [-0.39, 0.29) is 22.1 Å². The lowest BCUT2D eigenvalue weighted by Gasteiger charge is -2.34. The number of aromatic hydroxyl groups is 1. The van der Waals surface area contributed by atoms with Crippen molar-refractivity contribution >= 4 is 33.8 Å². The zero-order valence-corrected chi connectivity index (χ0v) is 18.8. The summed E-state index contributed by atoms with van der Waals surface area (Å²) in [5.74, 6) is 0.798. The molecular weight excluding hydrogens is 408 g/mol. The van der Waals surface area contributed by atoms with E-state index in [1.807, 2.05) is 6.92 Å². The first kappa shape index (κ1) is 20.4. The van der Waals surface area contributed by atoms with Crippen LogP contribution >= 0.6 is 22.9 Å². The number of thiophene rings is 1. The first-order valence-corrected chi connectivity index (χ1v) is 11.3. The number of hydrogen-bond donors (Lipinski definition) is 3. The number of nitrogens with one attached hydrogen (secondary N) is 2. The number of phenolic OH excluding ortho intramolecular Hbond substituents is 1. The molecule has 29 heavy (non-hydrogen) atoms.